The molecule has 1 aliphatic rings. The topological polar surface area (TPSA) is 83.5 Å². The smallest absolute Gasteiger partial charge is 0.273 e. The number of rotatable bonds is 18. The first-order chi connectivity index (χ1) is 23.8. The van der Waals surface area contributed by atoms with Gasteiger partial charge in [-0.3, -0.25) is 14.5 Å². The van der Waals surface area contributed by atoms with Gasteiger partial charge >= 0.3 is 0 Å². The van der Waals surface area contributed by atoms with Gasteiger partial charge in [-0.25, -0.2) is 5.43 Å². The number of nitrogens with one attached hydrogen (secondary N) is 2. The summed E-state index contributed by atoms with van der Waals surface area (Å²) in [7, 11) is 0. The van der Waals surface area contributed by atoms with Crippen LogP contribution >= 0.6 is 0 Å². The Kier molecular flexibility index (Phi) is 15.3. The largest absolute Gasteiger partial charge is 0.372 e. The number of hydrogen-bond acceptors (Lipinski definition) is 7. The maximum atomic E-state index is 13.7. The van der Waals surface area contributed by atoms with Crippen molar-refractivity contribution in [3.8, 4) is 0 Å². The summed E-state index contributed by atoms with van der Waals surface area (Å²) in [4.78, 5) is 36.9. The summed E-state index contributed by atoms with van der Waals surface area (Å²) in [5.41, 5.74) is 8.20. The molecule has 9 nitrogen and oxygen atoms in total. The molecule has 0 aliphatic carbocycles. The molecule has 1 aliphatic heterocycles. The molecule has 0 radical (unpaired) electrons. The maximum Gasteiger partial charge on any atom is 0.273 e. The Morgan fingerprint density at radius 1 is 0.755 bits per heavy atom. The lowest BCUT2D eigenvalue weighted by Crippen LogP contribution is -2.39. The Labute approximate surface area is 294 Å². The van der Waals surface area contributed by atoms with Crippen LogP contribution in [0.25, 0.3) is 0 Å². The minimum Gasteiger partial charge on any atom is -0.372 e. The van der Waals surface area contributed by atoms with Crippen LogP contribution in [0.2, 0.25) is 0 Å². The number of likely N-dealkylation sites (N-methyl/N-ethyl adjacent to an activating group) is 2. The van der Waals surface area contributed by atoms with Crippen LogP contribution < -0.4 is 15.6 Å². The molecular weight excluding hydrogens is 610 g/mol. The summed E-state index contributed by atoms with van der Waals surface area (Å²) >= 11 is 0. The molecule has 1 saturated heterocycles. The van der Waals surface area contributed by atoms with Crippen molar-refractivity contribution >= 4 is 29.4 Å². The van der Waals surface area contributed by atoms with Crippen LogP contribution in [-0.4, -0.2) is 98.2 Å². The van der Waals surface area contributed by atoms with Crippen molar-refractivity contribution in [2.24, 2.45) is 5.10 Å². The lowest BCUT2D eigenvalue weighted by molar-refractivity contribution is 0.0956. The highest BCUT2D eigenvalue weighted by atomic mass is 16.2. The molecule has 264 valence electrons. The molecule has 9 heteroatoms. The van der Waals surface area contributed by atoms with Crippen LogP contribution in [0.15, 0.2) is 71.8 Å². The third kappa shape index (κ3) is 11.8. The predicted molar refractivity (Wildman–Crippen MR) is 204 cm³/mol. The van der Waals surface area contributed by atoms with Crippen molar-refractivity contribution in [1.82, 2.24) is 20.1 Å². The first-order valence-corrected chi connectivity index (χ1v) is 18.2. The van der Waals surface area contributed by atoms with Gasteiger partial charge < -0.3 is 20.0 Å². The summed E-state index contributed by atoms with van der Waals surface area (Å²) in [5, 5.41) is 7.27. The minimum absolute atomic E-state index is 0.248. The SMILES string of the molecule is CCN(CC)CCN(CCN(CC)CC)Cc1cccc(C(=O)Nc2ccc(N3CCCCC3)cc2C(=O)N/N=C/c2ccc(C)cc2)c1. The van der Waals surface area contributed by atoms with E-state index < -0.39 is 0 Å². The fourth-order valence-corrected chi connectivity index (χ4v) is 6.23. The Morgan fingerprint density at radius 3 is 2.02 bits per heavy atom. The van der Waals surface area contributed by atoms with Gasteiger partial charge in [-0.15, -0.1) is 0 Å². The van der Waals surface area contributed by atoms with Crippen LogP contribution in [0.5, 0.6) is 0 Å². The highest BCUT2D eigenvalue weighted by Gasteiger charge is 2.19. The zero-order valence-electron chi connectivity index (χ0n) is 30.4. The van der Waals surface area contributed by atoms with Gasteiger partial charge in [0.1, 0.15) is 0 Å². The van der Waals surface area contributed by atoms with Gasteiger partial charge in [-0.05, 0) is 93.8 Å². The quantitative estimate of drug-likeness (QED) is 0.119. The second-order valence-corrected chi connectivity index (χ2v) is 12.9. The van der Waals surface area contributed by atoms with Crippen molar-refractivity contribution in [3.05, 3.63) is 94.5 Å². The fourth-order valence-electron chi connectivity index (χ4n) is 6.23. The van der Waals surface area contributed by atoms with Crippen LogP contribution in [-0.2, 0) is 6.54 Å². The lowest BCUT2D eigenvalue weighted by Gasteiger charge is -2.29. The molecule has 0 spiro atoms. The van der Waals surface area contributed by atoms with Gasteiger partial charge in [0.25, 0.3) is 11.8 Å². The van der Waals surface area contributed by atoms with Crippen LogP contribution in [0.1, 0.15) is 84.4 Å². The molecule has 49 heavy (non-hydrogen) atoms. The Hall–Kier alpha value is -4.05. The molecule has 0 atom stereocenters. The van der Waals surface area contributed by atoms with Crippen molar-refractivity contribution in [3.63, 3.8) is 0 Å². The fraction of sp³-hybridized carbons (Fsp3) is 0.475. The predicted octanol–water partition coefficient (Wildman–Crippen LogP) is 6.49. The molecule has 2 amide bonds. The van der Waals surface area contributed by atoms with Crippen LogP contribution in [0.4, 0.5) is 11.4 Å². The number of amides is 2. The van der Waals surface area contributed by atoms with E-state index >= 15 is 0 Å². The van der Waals surface area contributed by atoms with Gasteiger partial charge in [0.2, 0.25) is 0 Å². The average molecular weight is 668 g/mol. The molecule has 0 aromatic heterocycles. The molecule has 1 heterocycles. The minimum atomic E-state index is -0.372. The van der Waals surface area contributed by atoms with Gasteiger partial charge in [-0.2, -0.15) is 5.10 Å². The third-order valence-electron chi connectivity index (χ3n) is 9.52. The number of carbonyl (C=O) groups excluding carboxylic acids is 2. The first kappa shape index (κ1) is 37.8. The standard InChI is InChI=1S/C40H57N7O2/c1-6-44(7-2)24-26-46(27-25-45(8-3)9-4)31-34-14-13-15-35(28-34)39(48)42-38-21-20-36(47-22-11-10-12-23-47)29-37(38)40(49)43-41-30-33-18-16-32(5)17-19-33/h13-21,28-30H,6-12,22-27,31H2,1-5H3,(H,42,48)(H,43,49)/b41-30+. The summed E-state index contributed by atoms with van der Waals surface area (Å²) in [6.07, 6.45) is 5.09. The van der Waals surface area contributed by atoms with Crippen molar-refractivity contribution < 1.29 is 9.59 Å². The van der Waals surface area contributed by atoms with E-state index in [9.17, 15) is 9.59 Å². The Balaban J connectivity index is 1.51. The molecule has 0 bridgehead atoms. The maximum absolute atomic E-state index is 13.7. The number of carbonyl (C=O) groups is 2. The van der Waals surface area contributed by atoms with Gasteiger partial charge in [-0.1, -0.05) is 69.7 Å². The van der Waals surface area contributed by atoms with E-state index in [1.165, 1.54) is 6.42 Å². The lowest BCUT2D eigenvalue weighted by atomic mass is 10.1. The zero-order valence-corrected chi connectivity index (χ0v) is 30.4. The zero-order chi connectivity index (χ0) is 35.0. The average Bonchev–Trinajstić information content (AvgIpc) is 3.13. The summed E-state index contributed by atoms with van der Waals surface area (Å²) in [5.74, 6) is -0.620. The summed E-state index contributed by atoms with van der Waals surface area (Å²) in [6, 6.07) is 21.5. The number of benzene rings is 3. The van der Waals surface area contributed by atoms with Crippen molar-refractivity contribution in [2.45, 2.75) is 60.4 Å². The monoisotopic (exact) mass is 667 g/mol. The second kappa shape index (κ2) is 19.8. The van der Waals surface area contributed by atoms with E-state index in [4.69, 9.17) is 0 Å². The number of hydrazone groups is 1. The van der Waals surface area contributed by atoms with Crippen LogP contribution in [0.3, 0.4) is 0 Å². The number of aryl methyl sites for hydroxylation is 1. The molecule has 1 fully saturated rings. The summed E-state index contributed by atoms with van der Waals surface area (Å²) < 4.78 is 0. The molecule has 0 saturated carbocycles. The summed E-state index contributed by atoms with van der Waals surface area (Å²) in [6.45, 7) is 21.6. The van der Waals surface area contributed by atoms with E-state index in [0.29, 0.717) is 16.8 Å². The Bertz CT molecular complexity index is 1480. The Morgan fingerprint density at radius 2 is 1.39 bits per heavy atom. The number of anilines is 2. The van der Waals surface area contributed by atoms with Gasteiger partial charge in [0, 0.05) is 57.1 Å². The van der Waals surface area contributed by atoms with Crippen molar-refractivity contribution in [1.29, 1.82) is 0 Å². The van der Waals surface area contributed by atoms with Gasteiger partial charge in [0.15, 0.2) is 0 Å². The van der Waals surface area contributed by atoms with E-state index in [-0.39, 0.29) is 11.8 Å². The molecule has 3 aromatic carbocycles. The van der Waals surface area contributed by atoms with E-state index in [0.717, 1.165) is 107 Å². The van der Waals surface area contributed by atoms with Gasteiger partial charge in [0.05, 0.1) is 17.5 Å². The highest BCUT2D eigenvalue weighted by molar-refractivity contribution is 6.09. The van der Waals surface area contributed by atoms with E-state index in [1.54, 1.807) is 6.21 Å². The molecular formula is C40H57N7O2. The van der Waals surface area contributed by atoms with E-state index in [2.05, 4.69) is 69.2 Å². The molecule has 0 unspecified atom stereocenters. The number of nitrogens with zero attached hydrogens (tertiary/aromatic N) is 5. The molecule has 2 N–H and O–H groups in total. The number of hydrogen-bond donors (Lipinski definition) is 2. The molecule has 3 aromatic rings. The highest BCUT2D eigenvalue weighted by Crippen LogP contribution is 2.27. The second-order valence-electron chi connectivity index (χ2n) is 12.9. The van der Waals surface area contributed by atoms with Crippen LogP contribution in [0, 0.1) is 6.92 Å². The third-order valence-corrected chi connectivity index (χ3v) is 9.52. The number of piperidine rings is 1. The van der Waals surface area contributed by atoms with Crippen molar-refractivity contribution in [2.75, 3.05) is 75.7 Å². The normalized spacial score (nSPS) is 13.5. The molecule has 4 rings (SSSR count). The first-order valence-electron chi connectivity index (χ1n) is 18.2. The van der Waals surface area contributed by atoms with E-state index in [1.807, 2.05) is 67.6 Å².